The van der Waals surface area contributed by atoms with Crippen LogP contribution in [0, 0.1) is 0 Å². The molecule has 0 atom stereocenters. The summed E-state index contributed by atoms with van der Waals surface area (Å²) in [6.45, 7) is 0. The first-order chi connectivity index (χ1) is 24.8. The predicted molar refractivity (Wildman–Crippen MR) is 210 cm³/mol. The molecule has 2 nitrogen and oxygen atoms in total. The molecule has 0 aliphatic carbocycles. The molecule has 0 spiro atoms. The van der Waals surface area contributed by atoms with Crippen molar-refractivity contribution in [2.24, 2.45) is 0 Å². The van der Waals surface area contributed by atoms with E-state index in [1.54, 1.807) is 0 Å². The minimum Gasteiger partial charge on any atom is -0.456 e. The number of anilines is 3. The lowest BCUT2D eigenvalue weighted by Gasteiger charge is -2.30. The normalized spacial score (nSPS) is 11.2. The molecule has 0 fully saturated rings. The van der Waals surface area contributed by atoms with E-state index in [0.29, 0.717) is 0 Å². The number of rotatable bonds is 7. The topological polar surface area (TPSA) is 16.4 Å². The van der Waals surface area contributed by atoms with Crippen molar-refractivity contribution < 1.29 is 4.42 Å². The molecule has 0 aliphatic rings. The third-order valence-electron chi connectivity index (χ3n) is 9.52. The molecular formula is C48H33NO. The fraction of sp³-hybridized carbons (Fsp3) is 0. The molecule has 9 aromatic rings. The largest absolute Gasteiger partial charge is 0.456 e. The van der Waals surface area contributed by atoms with Gasteiger partial charge in [0.25, 0.3) is 0 Å². The Bertz CT molecular complexity index is 2580. The third-order valence-corrected chi connectivity index (χ3v) is 9.52. The van der Waals surface area contributed by atoms with Crippen molar-refractivity contribution in [1.29, 1.82) is 0 Å². The highest BCUT2D eigenvalue weighted by Gasteiger charge is 2.22. The summed E-state index contributed by atoms with van der Waals surface area (Å²) in [6.07, 6.45) is 0. The van der Waals surface area contributed by atoms with Crippen LogP contribution in [0.2, 0.25) is 0 Å². The number of benzene rings is 8. The van der Waals surface area contributed by atoms with E-state index in [1.165, 1.54) is 27.8 Å². The van der Waals surface area contributed by atoms with Gasteiger partial charge in [-0.15, -0.1) is 0 Å². The zero-order chi connectivity index (χ0) is 33.3. The third kappa shape index (κ3) is 5.34. The molecule has 0 amide bonds. The van der Waals surface area contributed by atoms with Crippen molar-refractivity contribution in [3.8, 4) is 44.5 Å². The van der Waals surface area contributed by atoms with Crippen molar-refractivity contribution in [3.63, 3.8) is 0 Å². The number of fused-ring (bicyclic) bond motifs is 3. The standard InChI is InChI=1S/C48H33NO/c1-3-15-34(16-4-1)35-27-29-37(30-28-35)40-20-9-12-24-45(40)49(38-31-32-44-43-23-11-14-26-47(43)50-48(44)33-38)46-25-13-10-22-42(46)41-21-8-7-19-39(41)36-17-5-2-6-18-36/h1-33H. The van der Waals surface area contributed by atoms with Gasteiger partial charge in [-0.1, -0.05) is 164 Å². The van der Waals surface area contributed by atoms with E-state index in [4.69, 9.17) is 4.42 Å². The average molecular weight is 640 g/mol. The summed E-state index contributed by atoms with van der Waals surface area (Å²) in [6, 6.07) is 71.1. The minimum atomic E-state index is 0.862. The Labute approximate surface area is 292 Å². The van der Waals surface area contributed by atoms with Gasteiger partial charge in [0, 0.05) is 33.7 Å². The van der Waals surface area contributed by atoms with Crippen LogP contribution in [-0.4, -0.2) is 0 Å². The second kappa shape index (κ2) is 12.8. The maximum Gasteiger partial charge on any atom is 0.137 e. The second-order valence-corrected chi connectivity index (χ2v) is 12.5. The Hall–Kier alpha value is -6.64. The van der Waals surface area contributed by atoms with E-state index in [2.05, 4.69) is 193 Å². The highest BCUT2D eigenvalue weighted by atomic mass is 16.3. The highest BCUT2D eigenvalue weighted by Crippen LogP contribution is 2.47. The zero-order valence-electron chi connectivity index (χ0n) is 27.4. The molecule has 9 rings (SSSR count). The highest BCUT2D eigenvalue weighted by molar-refractivity contribution is 6.07. The summed E-state index contributed by atoms with van der Waals surface area (Å²) in [4.78, 5) is 2.39. The van der Waals surface area contributed by atoms with Gasteiger partial charge >= 0.3 is 0 Å². The lowest BCUT2D eigenvalue weighted by Crippen LogP contribution is -2.12. The molecule has 1 heterocycles. The summed E-state index contributed by atoms with van der Waals surface area (Å²) < 4.78 is 6.45. The van der Waals surface area contributed by atoms with Crippen LogP contribution < -0.4 is 4.90 Å². The van der Waals surface area contributed by atoms with Gasteiger partial charge in [-0.2, -0.15) is 0 Å². The summed E-state index contributed by atoms with van der Waals surface area (Å²) in [5, 5.41) is 2.23. The first kappa shape index (κ1) is 29.5. The van der Waals surface area contributed by atoms with Crippen LogP contribution in [0.3, 0.4) is 0 Å². The molecule has 2 heteroatoms. The van der Waals surface area contributed by atoms with Gasteiger partial charge in [-0.3, -0.25) is 0 Å². The van der Waals surface area contributed by atoms with Gasteiger partial charge in [0.1, 0.15) is 11.2 Å². The smallest absolute Gasteiger partial charge is 0.137 e. The van der Waals surface area contributed by atoms with Gasteiger partial charge in [-0.05, 0) is 63.7 Å². The maximum atomic E-state index is 6.45. The molecule has 0 aliphatic heterocycles. The van der Waals surface area contributed by atoms with E-state index in [0.717, 1.165) is 55.7 Å². The molecule has 0 saturated heterocycles. The molecule has 0 bridgehead atoms. The number of para-hydroxylation sites is 3. The first-order valence-corrected chi connectivity index (χ1v) is 17.0. The van der Waals surface area contributed by atoms with Crippen LogP contribution in [0.4, 0.5) is 17.1 Å². The Morgan fingerprint density at radius 3 is 1.52 bits per heavy atom. The lowest BCUT2D eigenvalue weighted by molar-refractivity contribution is 0.669. The van der Waals surface area contributed by atoms with Crippen LogP contribution in [0.1, 0.15) is 0 Å². The number of furan rings is 1. The summed E-state index contributed by atoms with van der Waals surface area (Å²) in [5.74, 6) is 0. The van der Waals surface area contributed by atoms with Crippen LogP contribution in [-0.2, 0) is 0 Å². The molecular weight excluding hydrogens is 607 g/mol. The van der Waals surface area contributed by atoms with Crippen molar-refractivity contribution in [3.05, 3.63) is 200 Å². The second-order valence-electron chi connectivity index (χ2n) is 12.5. The number of hydrogen-bond acceptors (Lipinski definition) is 2. The van der Waals surface area contributed by atoms with Crippen molar-refractivity contribution in [2.75, 3.05) is 4.90 Å². The van der Waals surface area contributed by atoms with Crippen molar-refractivity contribution in [2.45, 2.75) is 0 Å². The summed E-state index contributed by atoms with van der Waals surface area (Å²) in [7, 11) is 0. The Kier molecular flexibility index (Phi) is 7.53. The van der Waals surface area contributed by atoms with Gasteiger partial charge < -0.3 is 9.32 Å². The SMILES string of the molecule is c1ccc(-c2ccc(-c3ccccc3N(c3ccc4c(c3)oc3ccccc34)c3ccccc3-c3ccccc3-c3ccccc3)cc2)cc1. The monoisotopic (exact) mass is 639 g/mol. The molecule has 236 valence electrons. The molecule has 0 unspecified atom stereocenters. The fourth-order valence-electron chi connectivity index (χ4n) is 7.13. The van der Waals surface area contributed by atoms with E-state index < -0.39 is 0 Å². The van der Waals surface area contributed by atoms with Gasteiger partial charge in [0.05, 0.1) is 11.4 Å². The molecule has 1 aromatic heterocycles. The van der Waals surface area contributed by atoms with Gasteiger partial charge in [0.15, 0.2) is 0 Å². The van der Waals surface area contributed by atoms with Crippen LogP contribution in [0.15, 0.2) is 205 Å². The molecule has 50 heavy (non-hydrogen) atoms. The summed E-state index contributed by atoms with van der Waals surface area (Å²) in [5.41, 5.74) is 14.3. The van der Waals surface area contributed by atoms with Crippen molar-refractivity contribution in [1.82, 2.24) is 0 Å². The Morgan fingerprint density at radius 2 is 0.780 bits per heavy atom. The van der Waals surface area contributed by atoms with Gasteiger partial charge in [-0.25, -0.2) is 0 Å². The number of nitrogens with zero attached hydrogens (tertiary/aromatic N) is 1. The van der Waals surface area contributed by atoms with Crippen LogP contribution >= 0.6 is 0 Å². The maximum absolute atomic E-state index is 6.45. The van der Waals surface area contributed by atoms with E-state index in [9.17, 15) is 0 Å². The van der Waals surface area contributed by atoms with Gasteiger partial charge in [0.2, 0.25) is 0 Å². The first-order valence-electron chi connectivity index (χ1n) is 17.0. The van der Waals surface area contributed by atoms with Crippen LogP contribution in [0.5, 0.6) is 0 Å². The summed E-state index contributed by atoms with van der Waals surface area (Å²) >= 11 is 0. The molecule has 0 saturated carbocycles. The molecule has 0 radical (unpaired) electrons. The number of hydrogen-bond donors (Lipinski definition) is 0. The van der Waals surface area contributed by atoms with E-state index in [-0.39, 0.29) is 0 Å². The van der Waals surface area contributed by atoms with E-state index >= 15 is 0 Å². The zero-order valence-corrected chi connectivity index (χ0v) is 27.4. The Balaban J connectivity index is 1.26. The van der Waals surface area contributed by atoms with Crippen molar-refractivity contribution >= 4 is 39.0 Å². The molecule has 8 aromatic carbocycles. The Morgan fingerprint density at radius 1 is 0.300 bits per heavy atom. The quantitative estimate of drug-likeness (QED) is 0.173. The van der Waals surface area contributed by atoms with E-state index in [1.807, 2.05) is 12.1 Å². The fourth-order valence-corrected chi connectivity index (χ4v) is 7.13. The lowest BCUT2D eigenvalue weighted by atomic mass is 9.92. The predicted octanol–water partition coefficient (Wildman–Crippen LogP) is 13.7. The van der Waals surface area contributed by atoms with Crippen LogP contribution in [0.25, 0.3) is 66.4 Å². The minimum absolute atomic E-state index is 0.862. The molecule has 0 N–H and O–H groups in total. The average Bonchev–Trinajstić information content (AvgIpc) is 3.57.